The van der Waals surface area contributed by atoms with Gasteiger partial charge in [0.1, 0.15) is 5.01 Å². The molecule has 1 aromatic heterocycles. The summed E-state index contributed by atoms with van der Waals surface area (Å²) in [6.07, 6.45) is -1.01. The fourth-order valence-corrected chi connectivity index (χ4v) is 3.77. The predicted octanol–water partition coefficient (Wildman–Crippen LogP) is 2.91. The summed E-state index contributed by atoms with van der Waals surface area (Å²) in [7, 11) is 1.60. The number of carbonyl (C=O) groups excluding carboxylic acids is 1. The van der Waals surface area contributed by atoms with Crippen LogP contribution in [0.4, 0.5) is 13.2 Å². The normalized spacial score (nSPS) is 21.2. The van der Waals surface area contributed by atoms with Crippen molar-refractivity contribution in [3.8, 4) is 0 Å². The Hall–Kier alpha value is -1.84. The minimum absolute atomic E-state index is 0.0370. The van der Waals surface area contributed by atoms with Crippen molar-refractivity contribution >= 4 is 23.2 Å². The largest absolute Gasteiger partial charge is 0.434 e. The van der Waals surface area contributed by atoms with Crippen LogP contribution in [0.25, 0.3) is 0 Å². The molecule has 0 aromatic carbocycles. The first-order valence-electron chi connectivity index (χ1n) is 8.98. The Morgan fingerprint density at radius 1 is 1.41 bits per heavy atom. The van der Waals surface area contributed by atoms with E-state index in [4.69, 9.17) is 0 Å². The molecule has 1 aromatic rings. The average Bonchev–Trinajstić information content (AvgIpc) is 3.07. The van der Waals surface area contributed by atoms with Crippen LogP contribution < -0.4 is 16.0 Å². The second-order valence-electron chi connectivity index (χ2n) is 6.92. The zero-order chi connectivity index (χ0) is 20.0. The van der Waals surface area contributed by atoms with Crippen molar-refractivity contribution in [2.75, 3.05) is 7.05 Å². The van der Waals surface area contributed by atoms with Gasteiger partial charge in [-0.3, -0.25) is 9.79 Å². The molecule has 3 N–H and O–H groups in total. The molecule has 27 heavy (non-hydrogen) atoms. The van der Waals surface area contributed by atoms with Gasteiger partial charge in [0.05, 0.1) is 6.54 Å². The molecular weight excluding hydrogens is 379 g/mol. The third kappa shape index (κ3) is 6.67. The molecule has 0 saturated heterocycles. The van der Waals surface area contributed by atoms with Gasteiger partial charge in [0.25, 0.3) is 0 Å². The van der Waals surface area contributed by atoms with Crippen LogP contribution in [0.2, 0.25) is 0 Å². The summed E-state index contributed by atoms with van der Waals surface area (Å²) in [5.74, 6) is 0.528. The molecule has 1 aliphatic rings. The molecule has 0 bridgehead atoms. The molecule has 0 radical (unpaired) electrons. The van der Waals surface area contributed by atoms with Gasteiger partial charge in [-0.25, -0.2) is 4.98 Å². The molecule has 1 fully saturated rings. The number of aliphatic imine (C=N–C) groups is 1. The van der Waals surface area contributed by atoms with E-state index < -0.39 is 11.9 Å². The number of thiazole rings is 1. The lowest BCUT2D eigenvalue weighted by atomic mass is 9.85. The van der Waals surface area contributed by atoms with Crippen LogP contribution in [0.1, 0.15) is 50.2 Å². The summed E-state index contributed by atoms with van der Waals surface area (Å²) in [6, 6.07) is 0.204. The summed E-state index contributed by atoms with van der Waals surface area (Å²) in [5.41, 5.74) is -0.876. The summed E-state index contributed by atoms with van der Waals surface area (Å²) >= 11 is 0.956. The van der Waals surface area contributed by atoms with Gasteiger partial charge in [0.15, 0.2) is 11.7 Å². The highest BCUT2D eigenvalue weighted by atomic mass is 32.1. The van der Waals surface area contributed by atoms with E-state index in [-0.39, 0.29) is 30.5 Å². The van der Waals surface area contributed by atoms with Gasteiger partial charge in [0.2, 0.25) is 5.91 Å². The zero-order valence-electron chi connectivity index (χ0n) is 15.7. The van der Waals surface area contributed by atoms with Crippen LogP contribution in [0.5, 0.6) is 0 Å². The number of nitrogens with zero attached hydrogens (tertiary/aromatic N) is 2. The topological polar surface area (TPSA) is 78.4 Å². The van der Waals surface area contributed by atoms with Gasteiger partial charge < -0.3 is 16.0 Å². The van der Waals surface area contributed by atoms with Crippen LogP contribution in [0.15, 0.2) is 10.4 Å². The Bertz CT molecular complexity index is 659. The van der Waals surface area contributed by atoms with Crippen LogP contribution in [-0.4, -0.2) is 36.0 Å². The number of hydrogen-bond acceptors (Lipinski definition) is 4. The predicted molar refractivity (Wildman–Crippen MR) is 99.5 cm³/mol. The zero-order valence-corrected chi connectivity index (χ0v) is 16.5. The molecular formula is C17H26F3N5OS. The van der Waals surface area contributed by atoms with Crippen molar-refractivity contribution in [2.45, 2.75) is 64.3 Å². The van der Waals surface area contributed by atoms with Crippen LogP contribution in [0, 0.1) is 5.92 Å². The van der Waals surface area contributed by atoms with Gasteiger partial charge in [-0.2, -0.15) is 13.2 Å². The van der Waals surface area contributed by atoms with E-state index in [0.29, 0.717) is 17.4 Å². The molecule has 2 atom stereocenters. The van der Waals surface area contributed by atoms with E-state index in [0.717, 1.165) is 36.0 Å². The fourth-order valence-electron chi connectivity index (χ4n) is 3.03. The monoisotopic (exact) mass is 405 g/mol. The summed E-state index contributed by atoms with van der Waals surface area (Å²) in [4.78, 5) is 19.9. The number of aromatic nitrogens is 1. The minimum atomic E-state index is -4.43. The molecule has 1 heterocycles. The second kappa shape index (κ2) is 9.38. The Morgan fingerprint density at radius 3 is 2.74 bits per heavy atom. The quantitative estimate of drug-likeness (QED) is 0.520. The molecule has 2 rings (SSSR count). The average molecular weight is 405 g/mol. The van der Waals surface area contributed by atoms with Crippen molar-refractivity contribution in [3.05, 3.63) is 16.1 Å². The number of rotatable bonds is 5. The van der Waals surface area contributed by atoms with Crippen LogP contribution >= 0.6 is 11.3 Å². The summed E-state index contributed by atoms with van der Waals surface area (Å²) in [5, 5.41) is 10.6. The van der Waals surface area contributed by atoms with Crippen molar-refractivity contribution in [1.82, 2.24) is 20.9 Å². The maximum atomic E-state index is 12.6. The highest BCUT2D eigenvalue weighted by Gasteiger charge is 2.33. The first-order valence-corrected chi connectivity index (χ1v) is 9.86. The first kappa shape index (κ1) is 21.5. The van der Waals surface area contributed by atoms with E-state index in [2.05, 4.69) is 25.9 Å². The van der Waals surface area contributed by atoms with E-state index >= 15 is 0 Å². The highest BCUT2D eigenvalue weighted by molar-refractivity contribution is 7.09. The lowest BCUT2D eigenvalue weighted by Gasteiger charge is -2.30. The third-order valence-electron chi connectivity index (χ3n) is 4.29. The van der Waals surface area contributed by atoms with Crippen LogP contribution in [0.3, 0.4) is 0 Å². The maximum Gasteiger partial charge on any atom is 0.434 e. The van der Waals surface area contributed by atoms with Crippen molar-refractivity contribution < 1.29 is 18.0 Å². The van der Waals surface area contributed by atoms with E-state index in [9.17, 15) is 18.0 Å². The molecule has 0 aliphatic heterocycles. The fraction of sp³-hybridized carbons (Fsp3) is 0.706. The van der Waals surface area contributed by atoms with Gasteiger partial charge in [-0.15, -0.1) is 11.3 Å². The number of alkyl halides is 3. The standard InChI is InChI=1S/C17H26F3N5OS/c1-10(2)23-15(26)11-5-4-6-12(7-11)24-16(21-3)22-8-14-25-13(9-27-14)17(18,19)20/h9-12H,4-8H2,1-3H3,(H,23,26)(H2,21,22,24). The van der Waals surface area contributed by atoms with E-state index in [1.54, 1.807) is 7.05 Å². The minimum Gasteiger partial charge on any atom is -0.354 e. The lowest BCUT2D eigenvalue weighted by molar-refractivity contribution is -0.140. The molecule has 1 amide bonds. The van der Waals surface area contributed by atoms with Gasteiger partial charge in [-0.1, -0.05) is 6.42 Å². The number of halogens is 3. The van der Waals surface area contributed by atoms with Crippen molar-refractivity contribution in [1.29, 1.82) is 0 Å². The molecule has 6 nitrogen and oxygen atoms in total. The lowest BCUT2D eigenvalue weighted by Crippen LogP contribution is -2.47. The van der Waals surface area contributed by atoms with Gasteiger partial charge >= 0.3 is 6.18 Å². The third-order valence-corrected chi connectivity index (χ3v) is 5.14. The molecule has 152 valence electrons. The Labute approximate surface area is 161 Å². The molecule has 1 saturated carbocycles. The molecule has 1 aliphatic carbocycles. The number of carbonyl (C=O) groups is 1. The summed E-state index contributed by atoms with van der Waals surface area (Å²) in [6.45, 7) is 4.03. The van der Waals surface area contributed by atoms with E-state index in [1.807, 2.05) is 13.8 Å². The van der Waals surface area contributed by atoms with Crippen molar-refractivity contribution in [3.63, 3.8) is 0 Å². The molecule has 2 unspecified atom stereocenters. The molecule has 10 heteroatoms. The Kier molecular flexibility index (Phi) is 7.46. The Balaban J connectivity index is 1.85. The summed E-state index contributed by atoms with van der Waals surface area (Å²) < 4.78 is 37.8. The van der Waals surface area contributed by atoms with Gasteiger partial charge in [0, 0.05) is 30.4 Å². The maximum absolute atomic E-state index is 12.6. The first-order chi connectivity index (χ1) is 12.7. The number of hydrogen-bond donors (Lipinski definition) is 3. The second-order valence-corrected chi connectivity index (χ2v) is 7.86. The van der Waals surface area contributed by atoms with Gasteiger partial charge in [-0.05, 0) is 33.1 Å². The SMILES string of the molecule is CN=C(NCc1nc(C(F)(F)F)cs1)NC1CCCC(C(=O)NC(C)C)C1. The molecule has 0 spiro atoms. The van der Waals surface area contributed by atoms with E-state index in [1.165, 1.54) is 0 Å². The van der Waals surface area contributed by atoms with Crippen molar-refractivity contribution in [2.24, 2.45) is 10.9 Å². The highest BCUT2D eigenvalue weighted by Crippen LogP contribution is 2.30. The Morgan fingerprint density at radius 2 is 2.15 bits per heavy atom. The van der Waals surface area contributed by atoms with Crippen LogP contribution in [-0.2, 0) is 17.5 Å². The number of amides is 1. The number of guanidine groups is 1. The number of nitrogens with one attached hydrogen (secondary N) is 3. The smallest absolute Gasteiger partial charge is 0.354 e.